The van der Waals surface area contributed by atoms with Crippen LogP contribution in [-0.2, 0) is 11.3 Å². The summed E-state index contributed by atoms with van der Waals surface area (Å²) in [7, 11) is 0. The maximum absolute atomic E-state index is 11.5. The van der Waals surface area contributed by atoms with E-state index in [1.165, 1.54) is 4.88 Å². The van der Waals surface area contributed by atoms with E-state index in [0.29, 0.717) is 6.54 Å². The van der Waals surface area contributed by atoms with Crippen molar-refractivity contribution in [3.05, 3.63) is 16.1 Å². The van der Waals surface area contributed by atoms with Crippen LogP contribution in [0.1, 0.15) is 36.8 Å². The SMILES string of the molecule is CCCC1(C(=O)O)CCN(Cc2scnc2C)C1. The molecule has 2 heterocycles. The van der Waals surface area contributed by atoms with Gasteiger partial charge in [0.15, 0.2) is 0 Å². The Morgan fingerprint density at radius 1 is 1.67 bits per heavy atom. The lowest BCUT2D eigenvalue weighted by Gasteiger charge is -2.24. The number of aryl methyl sites for hydroxylation is 1. The van der Waals surface area contributed by atoms with Gasteiger partial charge >= 0.3 is 5.97 Å². The number of carbonyl (C=O) groups is 1. The van der Waals surface area contributed by atoms with Gasteiger partial charge in [-0.25, -0.2) is 4.98 Å². The summed E-state index contributed by atoms with van der Waals surface area (Å²) in [6.45, 7) is 6.46. The molecule has 1 aromatic heterocycles. The molecule has 0 aromatic carbocycles. The van der Waals surface area contributed by atoms with E-state index in [1.807, 2.05) is 12.4 Å². The summed E-state index contributed by atoms with van der Waals surface area (Å²) in [5.74, 6) is -0.632. The molecule has 1 N–H and O–H groups in total. The summed E-state index contributed by atoms with van der Waals surface area (Å²) < 4.78 is 0. The van der Waals surface area contributed by atoms with E-state index in [1.54, 1.807) is 11.3 Å². The van der Waals surface area contributed by atoms with Crippen LogP contribution in [0.2, 0.25) is 0 Å². The maximum atomic E-state index is 11.5. The Kier molecular flexibility index (Phi) is 4.02. The molecule has 18 heavy (non-hydrogen) atoms. The van der Waals surface area contributed by atoms with Crippen molar-refractivity contribution in [2.75, 3.05) is 13.1 Å². The van der Waals surface area contributed by atoms with Crippen LogP contribution in [0.15, 0.2) is 5.51 Å². The predicted octanol–water partition coefficient (Wildman–Crippen LogP) is 2.53. The van der Waals surface area contributed by atoms with Crippen LogP contribution >= 0.6 is 11.3 Å². The summed E-state index contributed by atoms with van der Waals surface area (Å²) in [5, 5.41) is 9.46. The molecule has 100 valence electrons. The van der Waals surface area contributed by atoms with E-state index in [4.69, 9.17) is 0 Å². The number of hydrogen-bond acceptors (Lipinski definition) is 4. The number of carboxylic acid groups (broad SMARTS) is 1. The molecular weight excluding hydrogens is 248 g/mol. The van der Waals surface area contributed by atoms with E-state index in [-0.39, 0.29) is 0 Å². The van der Waals surface area contributed by atoms with Gasteiger partial charge in [0.2, 0.25) is 0 Å². The lowest BCUT2D eigenvalue weighted by molar-refractivity contribution is -0.148. The van der Waals surface area contributed by atoms with Crippen LogP contribution in [0, 0.1) is 12.3 Å². The van der Waals surface area contributed by atoms with Crippen LogP contribution in [-0.4, -0.2) is 34.0 Å². The topological polar surface area (TPSA) is 53.4 Å². The highest BCUT2D eigenvalue weighted by molar-refractivity contribution is 7.09. The average Bonchev–Trinajstić information content (AvgIpc) is 2.89. The fourth-order valence-electron chi connectivity index (χ4n) is 2.74. The standard InChI is InChI=1S/C13H20N2O2S/c1-3-4-13(12(16)17)5-6-15(8-13)7-11-10(2)14-9-18-11/h9H,3-8H2,1-2H3,(H,16,17). The number of carboxylic acids is 1. The third kappa shape index (κ3) is 2.57. The summed E-state index contributed by atoms with van der Waals surface area (Å²) >= 11 is 1.66. The maximum Gasteiger partial charge on any atom is 0.310 e. The Balaban J connectivity index is 2.03. The van der Waals surface area contributed by atoms with Gasteiger partial charge in [-0.15, -0.1) is 11.3 Å². The molecule has 0 spiro atoms. The second-order valence-electron chi connectivity index (χ2n) is 5.16. The number of hydrogen-bond donors (Lipinski definition) is 1. The zero-order valence-electron chi connectivity index (χ0n) is 11.0. The third-order valence-corrected chi connectivity index (χ3v) is 4.75. The fourth-order valence-corrected chi connectivity index (χ4v) is 3.56. The van der Waals surface area contributed by atoms with Crippen molar-refractivity contribution in [2.45, 2.75) is 39.7 Å². The van der Waals surface area contributed by atoms with Crippen LogP contribution < -0.4 is 0 Å². The molecule has 0 saturated carbocycles. The van der Waals surface area contributed by atoms with Gasteiger partial charge in [0, 0.05) is 18.0 Å². The first kappa shape index (κ1) is 13.5. The number of aromatic nitrogens is 1. The van der Waals surface area contributed by atoms with Gasteiger partial charge in [0.05, 0.1) is 16.6 Å². The van der Waals surface area contributed by atoms with E-state index in [2.05, 4.69) is 16.8 Å². The number of likely N-dealkylation sites (tertiary alicyclic amines) is 1. The first-order valence-corrected chi connectivity index (χ1v) is 7.30. The second-order valence-corrected chi connectivity index (χ2v) is 6.10. The molecule has 1 fully saturated rings. The minimum Gasteiger partial charge on any atom is -0.481 e. The molecule has 0 radical (unpaired) electrons. The number of thiazole rings is 1. The molecule has 0 aliphatic carbocycles. The molecule has 1 saturated heterocycles. The number of nitrogens with zero attached hydrogens (tertiary/aromatic N) is 2. The molecule has 1 atom stereocenters. The molecule has 0 bridgehead atoms. The highest BCUT2D eigenvalue weighted by atomic mass is 32.1. The molecule has 4 nitrogen and oxygen atoms in total. The minimum atomic E-state index is -0.632. The van der Waals surface area contributed by atoms with Crippen LogP contribution in [0.25, 0.3) is 0 Å². The normalized spacial score (nSPS) is 24.6. The van der Waals surface area contributed by atoms with Crippen LogP contribution in [0.3, 0.4) is 0 Å². The molecule has 1 aliphatic rings. The summed E-state index contributed by atoms with van der Waals surface area (Å²) in [4.78, 5) is 19.2. The smallest absolute Gasteiger partial charge is 0.310 e. The first-order valence-electron chi connectivity index (χ1n) is 6.42. The molecule has 5 heteroatoms. The van der Waals surface area contributed by atoms with Gasteiger partial charge < -0.3 is 5.11 Å². The number of aliphatic carboxylic acids is 1. The van der Waals surface area contributed by atoms with Gasteiger partial charge in [-0.3, -0.25) is 9.69 Å². The van der Waals surface area contributed by atoms with Gasteiger partial charge in [0.1, 0.15) is 0 Å². The van der Waals surface area contributed by atoms with Crippen molar-refractivity contribution in [1.29, 1.82) is 0 Å². The average molecular weight is 268 g/mol. The van der Waals surface area contributed by atoms with E-state index in [9.17, 15) is 9.90 Å². The van der Waals surface area contributed by atoms with Crippen LogP contribution in [0.4, 0.5) is 0 Å². The summed E-state index contributed by atoms with van der Waals surface area (Å²) in [5.41, 5.74) is 2.41. The van der Waals surface area contributed by atoms with Gasteiger partial charge in [-0.1, -0.05) is 13.3 Å². The lowest BCUT2D eigenvalue weighted by atomic mass is 9.83. The Morgan fingerprint density at radius 2 is 2.44 bits per heavy atom. The van der Waals surface area contributed by atoms with Crippen molar-refractivity contribution in [3.8, 4) is 0 Å². The zero-order valence-corrected chi connectivity index (χ0v) is 11.8. The van der Waals surface area contributed by atoms with E-state index in [0.717, 1.165) is 38.0 Å². The van der Waals surface area contributed by atoms with E-state index < -0.39 is 11.4 Å². The quantitative estimate of drug-likeness (QED) is 0.891. The van der Waals surface area contributed by atoms with Crippen molar-refractivity contribution < 1.29 is 9.90 Å². The minimum absolute atomic E-state index is 0.520. The lowest BCUT2D eigenvalue weighted by Crippen LogP contribution is -2.34. The van der Waals surface area contributed by atoms with Crippen molar-refractivity contribution in [2.24, 2.45) is 5.41 Å². The molecule has 2 rings (SSSR count). The van der Waals surface area contributed by atoms with Gasteiger partial charge in [0.25, 0.3) is 0 Å². The van der Waals surface area contributed by atoms with Crippen molar-refractivity contribution in [3.63, 3.8) is 0 Å². The van der Waals surface area contributed by atoms with Crippen molar-refractivity contribution >= 4 is 17.3 Å². The fraction of sp³-hybridized carbons (Fsp3) is 0.692. The molecule has 1 unspecified atom stereocenters. The second kappa shape index (κ2) is 5.36. The Labute approximate surface area is 112 Å². The van der Waals surface area contributed by atoms with E-state index >= 15 is 0 Å². The monoisotopic (exact) mass is 268 g/mol. The Bertz CT molecular complexity index is 432. The Morgan fingerprint density at radius 3 is 3.00 bits per heavy atom. The highest BCUT2D eigenvalue weighted by Gasteiger charge is 2.43. The summed E-state index contributed by atoms with van der Waals surface area (Å²) in [6.07, 6.45) is 2.48. The molecule has 1 aliphatic heterocycles. The number of rotatable bonds is 5. The molecule has 0 amide bonds. The van der Waals surface area contributed by atoms with Gasteiger partial charge in [-0.2, -0.15) is 0 Å². The summed E-state index contributed by atoms with van der Waals surface area (Å²) in [6, 6.07) is 0. The van der Waals surface area contributed by atoms with Crippen LogP contribution in [0.5, 0.6) is 0 Å². The molecular formula is C13H20N2O2S. The first-order chi connectivity index (χ1) is 8.57. The zero-order chi connectivity index (χ0) is 13.2. The van der Waals surface area contributed by atoms with Gasteiger partial charge in [-0.05, 0) is 26.3 Å². The predicted molar refractivity (Wildman–Crippen MR) is 71.7 cm³/mol. The highest BCUT2D eigenvalue weighted by Crippen LogP contribution is 2.36. The van der Waals surface area contributed by atoms with Crippen molar-refractivity contribution in [1.82, 2.24) is 9.88 Å². The third-order valence-electron chi connectivity index (χ3n) is 3.83. The largest absolute Gasteiger partial charge is 0.481 e. The Hall–Kier alpha value is -0.940. The molecule has 1 aromatic rings.